The zero-order valence-electron chi connectivity index (χ0n) is 17.6. The number of rotatable bonds is 4. The lowest BCUT2D eigenvalue weighted by Crippen LogP contribution is -2.48. The van der Waals surface area contributed by atoms with Gasteiger partial charge in [-0.2, -0.15) is 0 Å². The van der Waals surface area contributed by atoms with Crippen LogP contribution < -0.4 is 5.32 Å². The van der Waals surface area contributed by atoms with E-state index in [4.69, 9.17) is 0 Å². The van der Waals surface area contributed by atoms with Crippen molar-refractivity contribution < 1.29 is 4.79 Å². The molecular weight excluding hydrogens is 332 g/mol. The number of hydrogen-bond acceptors (Lipinski definition) is 2. The van der Waals surface area contributed by atoms with E-state index < -0.39 is 0 Å². The second kappa shape index (κ2) is 8.27. The minimum absolute atomic E-state index is 0.149. The van der Waals surface area contributed by atoms with E-state index in [0.29, 0.717) is 17.4 Å². The molecule has 2 saturated carbocycles. The van der Waals surface area contributed by atoms with E-state index in [0.717, 1.165) is 17.9 Å². The topological polar surface area (TPSA) is 32.3 Å². The standard InChI is InChI=1S/C24H40N2O/c1-3-6-19-9-11-20(12-10-19)26-15-13-24(14-16-26)17-23(25-18(2)27)21-7-4-5-8-22(21)24/h4,7,19-23H,3,5-6,8-17H2,1-2H3,(H,25,27)/t19?,20?,21?,22?,23-/m0/s1. The van der Waals surface area contributed by atoms with Crippen molar-refractivity contribution in [2.45, 2.75) is 96.6 Å². The maximum absolute atomic E-state index is 11.7. The van der Waals surface area contributed by atoms with E-state index >= 15 is 0 Å². The SMILES string of the molecule is CCCC1CCC(N2CCC3(CC2)C[C@H](NC(C)=O)C2C=CCCC23)CC1. The molecule has 3 aliphatic carbocycles. The van der Waals surface area contributed by atoms with Crippen LogP contribution in [0.3, 0.4) is 0 Å². The summed E-state index contributed by atoms with van der Waals surface area (Å²) in [6.45, 7) is 6.61. The summed E-state index contributed by atoms with van der Waals surface area (Å²) in [4.78, 5) is 14.6. The van der Waals surface area contributed by atoms with Gasteiger partial charge in [0.25, 0.3) is 0 Å². The fourth-order valence-corrected chi connectivity index (χ4v) is 7.23. The zero-order chi connectivity index (χ0) is 18.9. The second-order valence-electron chi connectivity index (χ2n) is 10.1. The highest BCUT2D eigenvalue weighted by molar-refractivity contribution is 5.73. The predicted molar refractivity (Wildman–Crippen MR) is 111 cm³/mol. The van der Waals surface area contributed by atoms with E-state index in [1.165, 1.54) is 83.7 Å². The summed E-state index contributed by atoms with van der Waals surface area (Å²) in [6, 6.07) is 1.23. The third-order valence-corrected chi connectivity index (χ3v) is 8.56. The molecule has 2 unspecified atom stereocenters. The lowest BCUT2D eigenvalue weighted by Gasteiger charge is -2.48. The van der Waals surface area contributed by atoms with Crippen LogP contribution in [0.4, 0.5) is 0 Å². The first-order valence-electron chi connectivity index (χ1n) is 11.8. The number of likely N-dealkylation sites (tertiary alicyclic amines) is 1. The normalized spacial score (nSPS) is 38.7. The van der Waals surface area contributed by atoms with Gasteiger partial charge < -0.3 is 10.2 Å². The lowest BCUT2D eigenvalue weighted by atomic mass is 9.66. The predicted octanol–water partition coefficient (Wildman–Crippen LogP) is 4.92. The van der Waals surface area contributed by atoms with Gasteiger partial charge in [0.1, 0.15) is 0 Å². The van der Waals surface area contributed by atoms with Crippen LogP contribution in [-0.4, -0.2) is 36.0 Å². The zero-order valence-corrected chi connectivity index (χ0v) is 17.6. The number of piperidine rings is 1. The molecule has 4 aliphatic rings. The Hall–Kier alpha value is -0.830. The van der Waals surface area contributed by atoms with Gasteiger partial charge in [-0.25, -0.2) is 0 Å². The van der Waals surface area contributed by atoms with Crippen LogP contribution in [0.1, 0.15) is 84.5 Å². The Morgan fingerprint density at radius 1 is 1.15 bits per heavy atom. The van der Waals surface area contributed by atoms with Crippen molar-refractivity contribution in [1.29, 1.82) is 0 Å². The van der Waals surface area contributed by atoms with Crippen LogP contribution in [0.2, 0.25) is 0 Å². The number of fused-ring (bicyclic) bond motifs is 2. The van der Waals surface area contributed by atoms with Crippen molar-refractivity contribution >= 4 is 5.91 Å². The Morgan fingerprint density at radius 3 is 2.56 bits per heavy atom. The Labute approximate surface area is 166 Å². The van der Waals surface area contributed by atoms with Crippen molar-refractivity contribution in [2.24, 2.45) is 23.2 Å². The van der Waals surface area contributed by atoms with Crippen molar-refractivity contribution in [3.05, 3.63) is 12.2 Å². The second-order valence-corrected chi connectivity index (χ2v) is 10.1. The maximum Gasteiger partial charge on any atom is 0.217 e. The van der Waals surface area contributed by atoms with Gasteiger partial charge in [0.2, 0.25) is 5.91 Å². The largest absolute Gasteiger partial charge is 0.353 e. The molecule has 1 N–H and O–H groups in total. The van der Waals surface area contributed by atoms with Crippen LogP contribution in [0.5, 0.6) is 0 Å². The Morgan fingerprint density at radius 2 is 1.89 bits per heavy atom. The number of hydrogen-bond donors (Lipinski definition) is 1. The molecule has 0 bridgehead atoms. The molecule has 0 radical (unpaired) electrons. The molecule has 3 atom stereocenters. The number of carbonyl (C=O) groups is 1. The third-order valence-electron chi connectivity index (χ3n) is 8.56. The quantitative estimate of drug-likeness (QED) is 0.711. The van der Waals surface area contributed by atoms with Crippen LogP contribution >= 0.6 is 0 Å². The van der Waals surface area contributed by atoms with E-state index in [9.17, 15) is 4.79 Å². The maximum atomic E-state index is 11.7. The highest BCUT2D eigenvalue weighted by atomic mass is 16.1. The van der Waals surface area contributed by atoms with Crippen molar-refractivity contribution in [1.82, 2.24) is 10.2 Å². The van der Waals surface area contributed by atoms with Crippen LogP contribution in [-0.2, 0) is 4.79 Å². The molecule has 152 valence electrons. The van der Waals surface area contributed by atoms with Crippen LogP contribution in [0.25, 0.3) is 0 Å². The summed E-state index contributed by atoms with van der Waals surface area (Å²) in [5.41, 5.74) is 0.485. The fraction of sp³-hybridized carbons (Fsp3) is 0.875. The number of amides is 1. The van der Waals surface area contributed by atoms with Gasteiger partial charge in [-0.3, -0.25) is 4.79 Å². The van der Waals surface area contributed by atoms with E-state index in [-0.39, 0.29) is 5.91 Å². The number of carbonyl (C=O) groups excluding carboxylic acids is 1. The first-order chi connectivity index (χ1) is 13.1. The highest BCUT2D eigenvalue weighted by Crippen LogP contribution is 2.57. The lowest BCUT2D eigenvalue weighted by molar-refractivity contribution is -0.119. The van der Waals surface area contributed by atoms with Gasteiger partial charge in [-0.05, 0) is 88.1 Å². The van der Waals surface area contributed by atoms with E-state index in [2.05, 4.69) is 29.3 Å². The minimum atomic E-state index is 0.149. The summed E-state index contributed by atoms with van der Waals surface area (Å²) in [6.07, 6.45) is 19.9. The molecule has 1 spiro atoms. The number of nitrogens with zero attached hydrogens (tertiary/aromatic N) is 1. The average Bonchev–Trinajstić information content (AvgIpc) is 2.96. The monoisotopic (exact) mass is 372 g/mol. The molecule has 1 amide bonds. The number of allylic oxidation sites excluding steroid dienone is 1. The van der Waals surface area contributed by atoms with Crippen molar-refractivity contribution in [3.8, 4) is 0 Å². The third kappa shape index (κ3) is 3.99. The summed E-state index contributed by atoms with van der Waals surface area (Å²) >= 11 is 0. The van der Waals surface area contributed by atoms with Gasteiger partial charge in [0, 0.05) is 24.9 Å². The first-order valence-corrected chi connectivity index (χ1v) is 11.8. The molecule has 1 saturated heterocycles. The molecule has 4 rings (SSSR count). The molecule has 1 heterocycles. The van der Waals surface area contributed by atoms with Crippen LogP contribution in [0, 0.1) is 23.2 Å². The fourth-order valence-electron chi connectivity index (χ4n) is 7.23. The Bertz CT molecular complexity index is 541. The van der Waals surface area contributed by atoms with Gasteiger partial charge in [-0.15, -0.1) is 0 Å². The smallest absolute Gasteiger partial charge is 0.217 e. The van der Waals surface area contributed by atoms with Gasteiger partial charge in [0.15, 0.2) is 0 Å². The molecule has 0 aromatic carbocycles. The van der Waals surface area contributed by atoms with E-state index in [1.807, 2.05) is 0 Å². The van der Waals surface area contributed by atoms with Crippen LogP contribution in [0.15, 0.2) is 12.2 Å². The van der Waals surface area contributed by atoms with Gasteiger partial charge >= 0.3 is 0 Å². The Balaban J connectivity index is 1.36. The van der Waals surface area contributed by atoms with E-state index in [1.54, 1.807) is 6.92 Å². The average molecular weight is 373 g/mol. The Kier molecular flexibility index (Phi) is 5.97. The van der Waals surface area contributed by atoms with Gasteiger partial charge in [0.05, 0.1) is 0 Å². The number of nitrogens with one attached hydrogen (secondary N) is 1. The summed E-state index contributed by atoms with van der Waals surface area (Å²) in [5.74, 6) is 2.53. The van der Waals surface area contributed by atoms with Crippen molar-refractivity contribution in [2.75, 3.05) is 13.1 Å². The molecule has 0 aromatic rings. The first kappa shape index (κ1) is 19.5. The molecular formula is C24H40N2O. The molecule has 3 fully saturated rings. The summed E-state index contributed by atoms with van der Waals surface area (Å²) in [7, 11) is 0. The molecule has 3 heteroatoms. The molecule has 27 heavy (non-hydrogen) atoms. The van der Waals surface area contributed by atoms with Crippen molar-refractivity contribution in [3.63, 3.8) is 0 Å². The molecule has 1 aliphatic heterocycles. The molecule has 3 nitrogen and oxygen atoms in total. The minimum Gasteiger partial charge on any atom is -0.353 e. The highest BCUT2D eigenvalue weighted by Gasteiger charge is 2.53. The summed E-state index contributed by atoms with van der Waals surface area (Å²) in [5, 5.41) is 3.30. The van der Waals surface area contributed by atoms with Gasteiger partial charge in [-0.1, -0.05) is 31.9 Å². The molecule has 0 aromatic heterocycles. The summed E-state index contributed by atoms with van der Waals surface area (Å²) < 4.78 is 0.